The number of rotatable bonds is 1. The average Bonchev–Trinajstić information content (AvgIpc) is 2.01. The monoisotopic (exact) mass is 272 g/mol. The maximum Gasteiger partial charge on any atom is 0.134 e. The largest absolute Gasteiger partial charge is 0.300 e. The third-order valence-corrected chi connectivity index (χ3v) is 3.28. The molecule has 1 aliphatic carbocycles. The number of Topliss-reactive ketones (excluding diaryl/α,β-unsaturated/α-hetero) is 1. The topological polar surface area (TPSA) is 17.1 Å². The van der Waals surface area contributed by atoms with Crippen LogP contribution in [0.15, 0.2) is 24.3 Å². The molecule has 1 nitrogen and oxygen atoms in total. The second-order valence-corrected chi connectivity index (χ2v) is 4.33. The lowest BCUT2D eigenvalue weighted by Gasteiger charge is -2.25. The number of hydrogen-bond acceptors (Lipinski definition) is 1. The highest BCUT2D eigenvalue weighted by Gasteiger charge is 2.28. The van der Waals surface area contributed by atoms with E-state index in [1.54, 1.807) is 0 Å². The van der Waals surface area contributed by atoms with Gasteiger partial charge < -0.3 is 0 Å². The molecule has 0 saturated heterocycles. The standard InChI is InChI=1S/C10H9IO/c11-10-4-2-1-3-9(10)7-5-8(12)6-7/h1-4,7H,5-6H2. The third kappa shape index (κ3) is 1.40. The summed E-state index contributed by atoms with van der Waals surface area (Å²) < 4.78 is 1.28. The summed E-state index contributed by atoms with van der Waals surface area (Å²) in [5.74, 6) is 0.908. The maximum atomic E-state index is 10.8. The molecule has 1 aliphatic rings. The predicted octanol–water partition coefficient (Wildman–Crippen LogP) is 2.74. The first-order chi connectivity index (χ1) is 5.77. The van der Waals surface area contributed by atoms with E-state index in [0.29, 0.717) is 11.7 Å². The number of carbonyl (C=O) groups excluding carboxylic acids is 1. The number of carbonyl (C=O) groups is 1. The Morgan fingerprint density at radius 3 is 2.50 bits per heavy atom. The number of benzene rings is 1. The van der Waals surface area contributed by atoms with E-state index < -0.39 is 0 Å². The summed E-state index contributed by atoms with van der Waals surface area (Å²) in [4.78, 5) is 10.8. The zero-order valence-corrected chi connectivity index (χ0v) is 8.74. The Hall–Kier alpha value is -0.380. The second kappa shape index (κ2) is 3.17. The Morgan fingerprint density at radius 2 is 1.92 bits per heavy atom. The van der Waals surface area contributed by atoms with E-state index in [4.69, 9.17) is 0 Å². The zero-order chi connectivity index (χ0) is 8.55. The van der Waals surface area contributed by atoms with Crippen LogP contribution in [-0.2, 0) is 4.79 Å². The van der Waals surface area contributed by atoms with Gasteiger partial charge in [-0.2, -0.15) is 0 Å². The Bertz CT molecular complexity index is 311. The quantitative estimate of drug-likeness (QED) is 0.718. The van der Waals surface area contributed by atoms with Crippen molar-refractivity contribution in [3.8, 4) is 0 Å². The summed E-state index contributed by atoms with van der Waals surface area (Å²) in [6.45, 7) is 0. The van der Waals surface area contributed by atoms with Crippen molar-refractivity contribution < 1.29 is 4.79 Å². The predicted molar refractivity (Wildman–Crippen MR) is 56.1 cm³/mol. The van der Waals surface area contributed by atoms with Crippen molar-refractivity contribution in [1.82, 2.24) is 0 Å². The minimum atomic E-state index is 0.402. The van der Waals surface area contributed by atoms with Crippen molar-refractivity contribution in [2.45, 2.75) is 18.8 Å². The number of ketones is 1. The molecule has 62 valence electrons. The van der Waals surface area contributed by atoms with Gasteiger partial charge in [0.05, 0.1) is 0 Å². The molecule has 1 fully saturated rings. The van der Waals surface area contributed by atoms with E-state index in [-0.39, 0.29) is 0 Å². The fourth-order valence-electron chi connectivity index (χ4n) is 1.52. The van der Waals surface area contributed by atoms with E-state index in [9.17, 15) is 4.79 Å². The van der Waals surface area contributed by atoms with Gasteiger partial charge >= 0.3 is 0 Å². The first kappa shape index (κ1) is 8.23. The number of hydrogen-bond donors (Lipinski definition) is 0. The van der Waals surface area contributed by atoms with Gasteiger partial charge in [-0.05, 0) is 40.1 Å². The molecule has 2 rings (SSSR count). The van der Waals surface area contributed by atoms with Gasteiger partial charge in [0.2, 0.25) is 0 Å². The maximum absolute atomic E-state index is 10.8. The molecule has 0 unspecified atom stereocenters. The van der Waals surface area contributed by atoms with Gasteiger partial charge in [0.1, 0.15) is 5.78 Å². The SMILES string of the molecule is O=C1CC(c2ccccc2I)C1. The fourth-order valence-corrected chi connectivity index (χ4v) is 2.34. The van der Waals surface area contributed by atoms with Gasteiger partial charge in [-0.1, -0.05) is 18.2 Å². The van der Waals surface area contributed by atoms with Crippen LogP contribution in [0.1, 0.15) is 24.3 Å². The van der Waals surface area contributed by atoms with Gasteiger partial charge in [0.15, 0.2) is 0 Å². The highest BCUT2D eigenvalue weighted by molar-refractivity contribution is 14.1. The van der Waals surface area contributed by atoms with Crippen LogP contribution in [0.5, 0.6) is 0 Å². The van der Waals surface area contributed by atoms with Crippen LogP contribution in [0.2, 0.25) is 0 Å². The molecule has 0 N–H and O–H groups in total. The first-order valence-electron chi connectivity index (χ1n) is 4.03. The van der Waals surface area contributed by atoms with Crippen LogP contribution < -0.4 is 0 Å². The smallest absolute Gasteiger partial charge is 0.134 e. The molecule has 0 heterocycles. The minimum Gasteiger partial charge on any atom is -0.300 e. The molecule has 1 saturated carbocycles. The van der Waals surface area contributed by atoms with Crippen molar-refractivity contribution in [3.63, 3.8) is 0 Å². The van der Waals surface area contributed by atoms with Crippen LogP contribution in [0.25, 0.3) is 0 Å². The lowest BCUT2D eigenvalue weighted by atomic mass is 9.79. The summed E-state index contributed by atoms with van der Waals surface area (Å²) in [6, 6.07) is 8.30. The molecule has 0 aromatic heterocycles. The Kier molecular flexibility index (Phi) is 2.17. The molecular formula is C10H9IO. The van der Waals surface area contributed by atoms with Crippen molar-refractivity contribution in [1.29, 1.82) is 0 Å². The van der Waals surface area contributed by atoms with Crippen LogP contribution >= 0.6 is 22.6 Å². The van der Waals surface area contributed by atoms with E-state index in [2.05, 4.69) is 34.7 Å². The molecule has 1 aromatic rings. The van der Waals surface area contributed by atoms with Gasteiger partial charge in [-0.3, -0.25) is 4.79 Å². The zero-order valence-electron chi connectivity index (χ0n) is 6.59. The van der Waals surface area contributed by atoms with E-state index in [1.807, 2.05) is 12.1 Å². The minimum absolute atomic E-state index is 0.402. The highest BCUT2D eigenvalue weighted by Crippen LogP contribution is 2.35. The Balaban J connectivity index is 2.23. The van der Waals surface area contributed by atoms with Crippen molar-refractivity contribution >= 4 is 28.4 Å². The van der Waals surface area contributed by atoms with Crippen molar-refractivity contribution in [2.75, 3.05) is 0 Å². The third-order valence-electron chi connectivity index (χ3n) is 2.29. The first-order valence-corrected chi connectivity index (χ1v) is 5.11. The van der Waals surface area contributed by atoms with Gasteiger partial charge in [-0.25, -0.2) is 0 Å². The highest BCUT2D eigenvalue weighted by atomic mass is 127. The molecule has 0 aliphatic heterocycles. The molecule has 0 spiro atoms. The molecule has 0 bridgehead atoms. The van der Waals surface area contributed by atoms with E-state index in [1.165, 1.54) is 9.13 Å². The summed E-state index contributed by atoms with van der Waals surface area (Å²) in [5, 5.41) is 0. The molecule has 2 heteroatoms. The second-order valence-electron chi connectivity index (χ2n) is 3.17. The van der Waals surface area contributed by atoms with Crippen molar-refractivity contribution in [3.05, 3.63) is 33.4 Å². The van der Waals surface area contributed by atoms with E-state index >= 15 is 0 Å². The summed E-state index contributed by atoms with van der Waals surface area (Å²) in [7, 11) is 0. The Morgan fingerprint density at radius 1 is 1.25 bits per heavy atom. The van der Waals surface area contributed by atoms with Crippen LogP contribution in [0.3, 0.4) is 0 Å². The van der Waals surface area contributed by atoms with Crippen molar-refractivity contribution in [2.24, 2.45) is 0 Å². The molecule has 1 aromatic carbocycles. The lowest BCUT2D eigenvalue weighted by molar-refractivity contribution is -0.124. The van der Waals surface area contributed by atoms with Gasteiger partial charge in [0, 0.05) is 16.4 Å². The Labute approximate surface area is 85.3 Å². The normalized spacial score (nSPS) is 17.6. The summed E-state index contributed by atoms with van der Waals surface area (Å²) in [5.41, 5.74) is 1.35. The molecular weight excluding hydrogens is 263 g/mol. The fraction of sp³-hybridized carbons (Fsp3) is 0.300. The molecule has 0 radical (unpaired) electrons. The molecule has 0 atom stereocenters. The molecule has 12 heavy (non-hydrogen) atoms. The van der Waals surface area contributed by atoms with Gasteiger partial charge in [-0.15, -0.1) is 0 Å². The lowest BCUT2D eigenvalue weighted by Crippen LogP contribution is -2.21. The summed E-state index contributed by atoms with van der Waals surface area (Å²) in [6.07, 6.45) is 1.50. The van der Waals surface area contributed by atoms with E-state index in [0.717, 1.165) is 12.8 Å². The van der Waals surface area contributed by atoms with Crippen LogP contribution in [0.4, 0.5) is 0 Å². The van der Waals surface area contributed by atoms with Gasteiger partial charge in [0.25, 0.3) is 0 Å². The van der Waals surface area contributed by atoms with Crippen LogP contribution in [-0.4, -0.2) is 5.78 Å². The van der Waals surface area contributed by atoms with Crippen LogP contribution in [0, 0.1) is 3.57 Å². The summed E-state index contributed by atoms with van der Waals surface area (Å²) >= 11 is 2.33. The molecule has 0 amide bonds. The average molecular weight is 272 g/mol. The number of halogens is 1.